The average Bonchev–Trinajstić information content (AvgIpc) is 2.72. The van der Waals surface area contributed by atoms with Crippen LogP contribution in [0.1, 0.15) is 88.2 Å². The van der Waals surface area contributed by atoms with E-state index in [1.807, 2.05) is 6.08 Å². The maximum atomic E-state index is 13.8. The highest BCUT2D eigenvalue weighted by Gasteiger charge is 2.34. The third-order valence-corrected chi connectivity index (χ3v) is 6.82. The van der Waals surface area contributed by atoms with Gasteiger partial charge in [-0.15, -0.1) is 0 Å². The fourth-order valence-corrected chi connectivity index (χ4v) is 5.01. The Kier molecular flexibility index (Phi) is 8.03. The van der Waals surface area contributed by atoms with Gasteiger partial charge in [-0.3, -0.25) is 0 Å². The molecule has 0 amide bonds. The number of halogens is 4. The number of hydrogen-bond donors (Lipinski definition) is 0. The molecule has 3 rings (SSSR count). The van der Waals surface area contributed by atoms with Crippen LogP contribution >= 0.6 is 0 Å². The number of benzene rings is 1. The van der Waals surface area contributed by atoms with E-state index in [9.17, 15) is 17.6 Å². The van der Waals surface area contributed by atoms with Crippen molar-refractivity contribution >= 4 is 0 Å². The van der Waals surface area contributed by atoms with Gasteiger partial charge < -0.3 is 0 Å². The normalized spacial score (nSPS) is 27.6. The van der Waals surface area contributed by atoms with Crippen molar-refractivity contribution in [3.8, 4) is 11.8 Å². The molecule has 1 aromatic carbocycles. The lowest BCUT2D eigenvalue weighted by Crippen LogP contribution is -2.14. The minimum Gasteiger partial charge on any atom is -0.206 e. The first-order valence-corrected chi connectivity index (χ1v) is 11.4. The van der Waals surface area contributed by atoms with Crippen molar-refractivity contribution in [2.45, 2.75) is 83.2 Å². The Balaban J connectivity index is 1.45. The molecule has 0 radical (unpaired) electrons. The summed E-state index contributed by atoms with van der Waals surface area (Å²) < 4.78 is 52.0. The van der Waals surface area contributed by atoms with Crippen LogP contribution < -0.4 is 0 Å². The monoisotopic (exact) mass is 420 g/mol. The molecule has 2 aliphatic carbocycles. The SMILES string of the molecule is CCCC1CCC(/C=C/C#CC2CCC(c3ccc(C(F)(F)F)c(F)c3)CC2)CC1. The largest absolute Gasteiger partial charge is 0.419 e. The summed E-state index contributed by atoms with van der Waals surface area (Å²) in [6.45, 7) is 2.26. The molecule has 0 spiro atoms. The van der Waals surface area contributed by atoms with Crippen LogP contribution in [0.25, 0.3) is 0 Å². The fraction of sp³-hybridized carbons (Fsp3) is 0.615. The molecule has 0 aromatic heterocycles. The van der Waals surface area contributed by atoms with Crippen LogP contribution in [0, 0.1) is 35.4 Å². The summed E-state index contributed by atoms with van der Waals surface area (Å²) in [5.74, 6) is 7.41. The van der Waals surface area contributed by atoms with Crippen LogP contribution in [-0.2, 0) is 6.18 Å². The van der Waals surface area contributed by atoms with Gasteiger partial charge in [0.2, 0.25) is 0 Å². The van der Waals surface area contributed by atoms with Crippen molar-refractivity contribution in [3.63, 3.8) is 0 Å². The maximum absolute atomic E-state index is 13.8. The van der Waals surface area contributed by atoms with Crippen molar-refractivity contribution in [1.29, 1.82) is 0 Å². The van der Waals surface area contributed by atoms with Crippen LogP contribution in [0.3, 0.4) is 0 Å². The van der Waals surface area contributed by atoms with Gasteiger partial charge in [-0.05, 0) is 92.9 Å². The minimum atomic E-state index is -4.64. The van der Waals surface area contributed by atoms with Gasteiger partial charge in [-0.2, -0.15) is 13.2 Å². The predicted molar refractivity (Wildman–Crippen MR) is 113 cm³/mol. The van der Waals surface area contributed by atoms with Crippen LogP contribution in [0.2, 0.25) is 0 Å². The molecule has 0 heterocycles. The van der Waals surface area contributed by atoms with Crippen LogP contribution in [0.15, 0.2) is 30.4 Å². The zero-order valence-electron chi connectivity index (χ0n) is 17.8. The zero-order chi connectivity index (χ0) is 21.6. The number of alkyl halides is 3. The molecular formula is C26H32F4. The Hall–Kier alpha value is -1.76. The van der Waals surface area contributed by atoms with Crippen LogP contribution in [-0.4, -0.2) is 0 Å². The van der Waals surface area contributed by atoms with Crippen molar-refractivity contribution < 1.29 is 17.6 Å². The van der Waals surface area contributed by atoms with E-state index in [-0.39, 0.29) is 5.92 Å². The second-order valence-electron chi connectivity index (χ2n) is 9.00. The van der Waals surface area contributed by atoms with Crippen molar-refractivity contribution in [3.05, 3.63) is 47.3 Å². The lowest BCUT2D eigenvalue weighted by Gasteiger charge is -2.26. The summed E-state index contributed by atoms with van der Waals surface area (Å²) in [7, 11) is 0. The summed E-state index contributed by atoms with van der Waals surface area (Å²) in [5.41, 5.74) is -0.512. The second kappa shape index (κ2) is 10.5. The third kappa shape index (κ3) is 6.37. The van der Waals surface area contributed by atoms with Crippen LogP contribution in [0.4, 0.5) is 17.6 Å². The van der Waals surface area contributed by atoms with E-state index in [0.717, 1.165) is 43.7 Å². The molecule has 164 valence electrons. The topological polar surface area (TPSA) is 0 Å². The second-order valence-corrected chi connectivity index (χ2v) is 9.00. The van der Waals surface area contributed by atoms with Gasteiger partial charge in [0.25, 0.3) is 0 Å². The molecule has 1 aromatic rings. The molecule has 0 bridgehead atoms. The number of allylic oxidation sites excluding steroid dienone is 2. The van der Waals surface area contributed by atoms with E-state index in [0.29, 0.717) is 17.4 Å². The lowest BCUT2D eigenvalue weighted by atomic mass is 9.78. The molecule has 4 heteroatoms. The summed E-state index contributed by atoms with van der Waals surface area (Å²) in [4.78, 5) is 0. The zero-order valence-corrected chi connectivity index (χ0v) is 17.8. The number of rotatable bonds is 4. The molecule has 0 atom stereocenters. The van der Waals surface area contributed by atoms with Gasteiger partial charge >= 0.3 is 6.18 Å². The van der Waals surface area contributed by atoms with Gasteiger partial charge in [-0.1, -0.05) is 43.7 Å². The average molecular weight is 421 g/mol. The molecule has 0 aliphatic heterocycles. The summed E-state index contributed by atoms with van der Waals surface area (Å²) in [5, 5.41) is 0. The highest BCUT2D eigenvalue weighted by Crippen LogP contribution is 2.38. The van der Waals surface area contributed by atoms with E-state index in [1.54, 1.807) is 0 Å². The third-order valence-electron chi connectivity index (χ3n) is 6.82. The molecule has 2 saturated carbocycles. The van der Waals surface area contributed by atoms with E-state index in [1.165, 1.54) is 44.6 Å². The molecule has 0 N–H and O–H groups in total. The van der Waals surface area contributed by atoms with Gasteiger partial charge in [0.05, 0.1) is 5.56 Å². The highest BCUT2D eigenvalue weighted by molar-refractivity contribution is 5.29. The summed E-state index contributed by atoms with van der Waals surface area (Å²) >= 11 is 0. The highest BCUT2D eigenvalue weighted by atomic mass is 19.4. The molecular weight excluding hydrogens is 388 g/mol. The molecule has 0 nitrogen and oxygen atoms in total. The van der Waals surface area contributed by atoms with Gasteiger partial charge in [0.15, 0.2) is 0 Å². The lowest BCUT2D eigenvalue weighted by molar-refractivity contribution is -0.140. The van der Waals surface area contributed by atoms with E-state index < -0.39 is 17.6 Å². The summed E-state index contributed by atoms with van der Waals surface area (Å²) in [6.07, 6.45) is 11.0. The van der Waals surface area contributed by atoms with Gasteiger partial charge in [-0.25, -0.2) is 4.39 Å². The summed E-state index contributed by atoms with van der Waals surface area (Å²) in [6, 6.07) is 3.37. The first-order valence-electron chi connectivity index (χ1n) is 11.4. The van der Waals surface area contributed by atoms with E-state index >= 15 is 0 Å². The fourth-order valence-electron chi connectivity index (χ4n) is 5.01. The van der Waals surface area contributed by atoms with Gasteiger partial charge in [0.1, 0.15) is 5.82 Å². The Bertz CT molecular complexity index is 764. The van der Waals surface area contributed by atoms with E-state index in [4.69, 9.17) is 0 Å². The Labute approximate surface area is 178 Å². The smallest absolute Gasteiger partial charge is 0.206 e. The predicted octanol–water partition coefficient (Wildman–Crippen LogP) is 8.28. The Morgan fingerprint density at radius 2 is 1.70 bits per heavy atom. The first-order chi connectivity index (χ1) is 14.4. The maximum Gasteiger partial charge on any atom is 0.419 e. The van der Waals surface area contributed by atoms with Gasteiger partial charge in [0, 0.05) is 5.92 Å². The van der Waals surface area contributed by atoms with E-state index in [2.05, 4.69) is 24.8 Å². The molecule has 0 saturated heterocycles. The standard InChI is InChI=1S/C26H32F4/c1-2-5-19-8-10-20(11-9-19)6-3-4-7-21-12-14-22(15-13-21)23-16-17-24(25(27)18-23)26(28,29)30/h3,6,16-22H,2,5,8-15H2,1H3/b6-3+. The molecule has 0 unspecified atom stereocenters. The van der Waals surface area contributed by atoms with Crippen molar-refractivity contribution in [1.82, 2.24) is 0 Å². The quantitative estimate of drug-likeness (QED) is 0.339. The Morgan fingerprint density at radius 3 is 2.30 bits per heavy atom. The van der Waals surface area contributed by atoms with Crippen LogP contribution in [0.5, 0.6) is 0 Å². The Morgan fingerprint density at radius 1 is 1.00 bits per heavy atom. The molecule has 2 aliphatic rings. The van der Waals surface area contributed by atoms with Crippen molar-refractivity contribution in [2.75, 3.05) is 0 Å². The minimum absolute atomic E-state index is 0.119. The first kappa shape index (κ1) is 22.9. The molecule has 30 heavy (non-hydrogen) atoms. The molecule has 2 fully saturated rings. The number of hydrogen-bond acceptors (Lipinski definition) is 0. The van der Waals surface area contributed by atoms with Crippen molar-refractivity contribution in [2.24, 2.45) is 17.8 Å².